The minimum atomic E-state index is -0.510. The van der Waals surface area contributed by atoms with Gasteiger partial charge in [-0.05, 0) is 75.1 Å². The van der Waals surface area contributed by atoms with Crippen molar-refractivity contribution < 1.29 is 14.3 Å². The molecule has 180 valence electrons. The maximum absolute atomic E-state index is 13.5. The van der Waals surface area contributed by atoms with Gasteiger partial charge >= 0.3 is 5.97 Å². The van der Waals surface area contributed by atoms with Gasteiger partial charge in [-0.2, -0.15) is 0 Å². The summed E-state index contributed by atoms with van der Waals surface area (Å²) in [7, 11) is 1.34. The van der Waals surface area contributed by atoms with Crippen LogP contribution in [-0.2, 0) is 20.7 Å². The van der Waals surface area contributed by atoms with Gasteiger partial charge in [0.05, 0.1) is 18.3 Å². The Morgan fingerprint density at radius 2 is 1.74 bits per heavy atom. The number of ether oxygens (including phenoxy) is 1. The van der Waals surface area contributed by atoms with Gasteiger partial charge in [0.25, 0.3) is 5.91 Å². The highest BCUT2D eigenvalue weighted by Gasteiger charge is 2.37. The highest BCUT2D eigenvalue weighted by molar-refractivity contribution is 6.30. The van der Waals surface area contributed by atoms with E-state index in [1.807, 2.05) is 75.4 Å². The number of hydrogen-bond donors (Lipinski definition) is 0. The molecular weight excluding hydrogens is 460 g/mol. The van der Waals surface area contributed by atoms with Crippen molar-refractivity contribution in [3.8, 4) is 5.69 Å². The molecule has 1 aliphatic rings. The second-order valence-electron chi connectivity index (χ2n) is 8.80. The number of rotatable bonds is 6. The molecule has 1 aromatic heterocycles. The zero-order valence-corrected chi connectivity index (χ0v) is 21.4. The molecule has 0 spiro atoms. The number of amides is 1. The molecule has 0 bridgehead atoms. The van der Waals surface area contributed by atoms with Gasteiger partial charge in [-0.15, -0.1) is 0 Å². The Kier molecular flexibility index (Phi) is 6.99. The fourth-order valence-electron chi connectivity index (χ4n) is 4.67. The number of benzene rings is 2. The van der Waals surface area contributed by atoms with Crippen molar-refractivity contribution in [2.75, 3.05) is 13.7 Å². The minimum Gasteiger partial charge on any atom is -0.465 e. The van der Waals surface area contributed by atoms with Crippen LogP contribution < -0.4 is 0 Å². The van der Waals surface area contributed by atoms with Crippen molar-refractivity contribution in [3.05, 3.63) is 105 Å². The lowest BCUT2D eigenvalue weighted by Crippen LogP contribution is -2.27. The predicted molar refractivity (Wildman–Crippen MR) is 140 cm³/mol. The number of carbonyl (C=O) groups excluding carboxylic acids is 2. The molecule has 0 N–H and O–H groups in total. The van der Waals surface area contributed by atoms with Crippen LogP contribution in [0.4, 0.5) is 0 Å². The van der Waals surface area contributed by atoms with E-state index in [4.69, 9.17) is 16.3 Å². The van der Waals surface area contributed by atoms with Crippen LogP contribution in [0.15, 0.2) is 71.4 Å². The molecule has 0 saturated carbocycles. The molecule has 35 heavy (non-hydrogen) atoms. The third-order valence-corrected chi connectivity index (χ3v) is 6.79. The Bertz CT molecular complexity index is 1370. The van der Waals surface area contributed by atoms with Gasteiger partial charge < -0.3 is 14.2 Å². The summed E-state index contributed by atoms with van der Waals surface area (Å²) in [5, 5.41) is 0.657. The molecule has 3 aromatic rings. The molecule has 2 heterocycles. The molecule has 5 nitrogen and oxygen atoms in total. The van der Waals surface area contributed by atoms with Crippen molar-refractivity contribution in [2.24, 2.45) is 0 Å². The summed E-state index contributed by atoms with van der Waals surface area (Å²) >= 11 is 6.28. The summed E-state index contributed by atoms with van der Waals surface area (Å²) in [6.45, 7) is 8.33. The summed E-state index contributed by atoms with van der Waals surface area (Å²) in [6.07, 6.45) is 2.49. The van der Waals surface area contributed by atoms with Crippen molar-refractivity contribution >= 4 is 29.6 Å². The molecule has 0 fully saturated rings. The summed E-state index contributed by atoms with van der Waals surface area (Å²) in [5.74, 6) is -0.702. The molecule has 1 amide bonds. The summed E-state index contributed by atoms with van der Waals surface area (Å²) < 4.78 is 7.17. The standard InChI is InChI=1S/C29H29ClN2O3/c1-18-11-12-24(30)17-26(18)32-19(2)15-23(20(32)3)16-25-27(29(34)35-5)21(4)31(28(25)33)14-13-22-9-7-6-8-10-22/h6-12,15-17H,13-14H2,1-5H3/b25-16-. The lowest BCUT2D eigenvalue weighted by Gasteiger charge is -2.17. The van der Waals surface area contributed by atoms with Crippen LogP contribution in [0.3, 0.4) is 0 Å². The largest absolute Gasteiger partial charge is 0.465 e. The van der Waals surface area contributed by atoms with Gasteiger partial charge in [0.1, 0.15) is 0 Å². The molecule has 6 heteroatoms. The van der Waals surface area contributed by atoms with E-state index in [1.165, 1.54) is 7.11 Å². The summed E-state index contributed by atoms with van der Waals surface area (Å²) in [6, 6.07) is 17.8. The Balaban J connectivity index is 1.75. The van der Waals surface area contributed by atoms with Gasteiger partial charge in [-0.3, -0.25) is 4.79 Å². The number of carbonyl (C=O) groups is 2. The van der Waals surface area contributed by atoms with Crippen molar-refractivity contribution in [3.63, 3.8) is 0 Å². The lowest BCUT2D eigenvalue weighted by molar-refractivity contribution is -0.136. The average molecular weight is 489 g/mol. The van der Waals surface area contributed by atoms with Crippen LogP contribution >= 0.6 is 11.6 Å². The lowest BCUT2D eigenvalue weighted by atomic mass is 10.0. The molecule has 0 aliphatic carbocycles. The molecule has 0 unspecified atom stereocenters. The van der Waals surface area contributed by atoms with Gasteiger partial charge in [-0.25, -0.2) is 4.79 Å². The van der Waals surface area contributed by atoms with E-state index < -0.39 is 5.97 Å². The van der Waals surface area contributed by atoms with Gasteiger partial charge in [0, 0.05) is 34.3 Å². The molecule has 4 rings (SSSR count). The maximum Gasteiger partial charge on any atom is 0.340 e. The molecule has 0 radical (unpaired) electrons. The van der Waals surface area contributed by atoms with Gasteiger partial charge in [-0.1, -0.05) is 48.0 Å². The normalized spacial score (nSPS) is 14.9. The van der Waals surface area contributed by atoms with E-state index in [2.05, 4.69) is 4.57 Å². The summed E-state index contributed by atoms with van der Waals surface area (Å²) in [5.41, 5.74) is 7.31. The topological polar surface area (TPSA) is 51.5 Å². The smallest absolute Gasteiger partial charge is 0.340 e. The number of nitrogens with zero attached hydrogens (tertiary/aromatic N) is 2. The monoisotopic (exact) mass is 488 g/mol. The third kappa shape index (κ3) is 4.69. The number of aryl methyl sites for hydroxylation is 2. The van der Waals surface area contributed by atoms with E-state index in [-0.39, 0.29) is 5.91 Å². The van der Waals surface area contributed by atoms with E-state index >= 15 is 0 Å². The van der Waals surface area contributed by atoms with Crippen LogP contribution in [0.1, 0.15) is 35.0 Å². The average Bonchev–Trinajstić information content (AvgIpc) is 3.25. The van der Waals surface area contributed by atoms with E-state index in [1.54, 1.807) is 17.9 Å². The molecule has 0 atom stereocenters. The quantitative estimate of drug-likeness (QED) is 0.317. The molecular formula is C29H29ClN2O3. The fraction of sp³-hybridized carbons (Fsp3) is 0.241. The second-order valence-corrected chi connectivity index (χ2v) is 9.23. The minimum absolute atomic E-state index is 0.192. The van der Waals surface area contributed by atoms with Crippen molar-refractivity contribution in [1.29, 1.82) is 0 Å². The fourth-order valence-corrected chi connectivity index (χ4v) is 4.83. The van der Waals surface area contributed by atoms with Crippen LogP contribution in [0, 0.1) is 20.8 Å². The SMILES string of the molecule is COC(=O)C1=C(C)N(CCc2ccccc2)C(=O)/C1=C\c1cc(C)n(-c2cc(Cl)ccc2C)c1C. The number of methoxy groups -OCH3 is 1. The Labute approximate surface area is 211 Å². The Morgan fingerprint density at radius 1 is 1.03 bits per heavy atom. The van der Waals surface area contributed by atoms with E-state index in [0.717, 1.165) is 33.8 Å². The summed E-state index contributed by atoms with van der Waals surface area (Å²) in [4.78, 5) is 27.9. The molecule has 2 aromatic carbocycles. The van der Waals surface area contributed by atoms with E-state index in [9.17, 15) is 9.59 Å². The molecule has 0 saturated heterocycles. The number of halogens is 1. The van der Waals surface area contributed by atoms with E-state index in [0.29, 0.717) is 34.8 Å². The van der Waals surface area contributed by atoms with Gasteiger partial charge in [0.2, 0.25) is 0 Å². The number of allylic oxidation sites excluding steroid dienone is 1. The first-order valence-corrected chi connectivity index (χ1v) is 11.9. The van der Waals surface area contributed by atoms with Crippen LogP contribution in [-0.4, -0.2) is 35.0 Å². The maximum atomic E-state index is 13.5. The van der Waals surface area contributed by atoms with Crippen molar-refractivity contribution in [2.45, 2.75) is 34.1 Å². The van der Waals surface area contributed by atoms with Crippen LogP contribution in [0.2, 0.25) is 5.02 Å². The zero-order valence-electron chi connectivity index (χ0n) is 20.7. The van der Waals surface area contributed by atoms with Crippen LogP contribution in [0.5, 0.6) is 0 Å². The first kappa shape index (κ1) is 24.6. The van der Waals surface area contributed by atoms with Crippen molar-refractivity contribution in [1.82, 2.24) is 9.47 Å². The predicted octanol–water partition coefficient (Wildman–Crippen LogP) is 5.97. The highest BCUT2D eigenvalue weighted by atomic mass is 35.5. The highest BCUT2D eigenvalue weighted by Crippen LogP contribution is 2.34. The van der Waals surface area contributed by atoms with Gasteiger partial charge in [0.15, 0.2) is 0 Å². The number of esters is 1. The zero-order chi connectivity index (χ0) is 25.3. The number of hydrogen-bond acceptors (Lipinski definition) is 3. The molecule has 1 aliphatic heterocycles. The Morgan fingerprint density at radius 3 is 2.43 bits per heavy atom. The first-order valence-electron chi connectivity index (χ1n) is 11.6. The number of aromatic nitrogens is 1. The second kappa shape index (κ2) is 9.96. The first-order chi connectivity index (χ1) is 16.7. The third-order valence-electron chi connectivity index (χ3n) is 6.55. The Hall–Kier alpha value is -3.57. The van der Waals surface area contributed by atoms with Crippen LogP contribution in [0.25, 0.3) is 11.8 Å².